The lowest BCUT2D eigenvalue weighted by Crippen LogP contribution is -2.46. The van der Waals surface area contributed by atoms with Gasteiger partial charge in [-0.05, 0) is 73.9 Å². The molecule has 0 radical (unpaired) electrons. The molecule has 12 heteroatoms. The standard InChI is InChI=1S/C37H44N8O4/c1-4-28(3)45-36(46)43(27-40-45)33-12-10-31(11-13-33)41-20-22-42(23-21-41)32-14-16-34(17-15-32)47-24-35-25-48-37(49-35,26-44-38-18-19-39-44)30-8-6-29(5-2)7-9-30/h6-19,27-28,35H,4-5,20-26H2,1-3H3/t28?,35-,37-/m1/s1. The lowest BCUT2D eigenvalue weighted by molar-refractivity contribution is -0.192. The van der Waals surface area contributed by atoms with Gasteiger partial charge in [0.25, 0.3) is 0 Å². The molecule has 1 unspecified atom stereocenters. The summed E-state index contributed by atoms with van der Waals surface area (Å²) in [5.41, 5.74) is 5.23. The Bertz CT molecular complexity index is 1850. The van der Waals surface area contributed by atoms with Crippen LogP contribution < -0.4 is 20.2 Å². The van der Waals surface area contributed by atoms with Crippen molar-refractivity contribution < 1.29 is 14.2 Å². The van der Waals surface area contributed by atoms with E-state index in [2.05, 4.69) is 87.5 Å². The summed E-state index contributed by atoms with van der Waals surface area (Å²) in [5, 5.41) is 12.9. The Balaban J connectivity index is 0.918. The smallest absolute Gasteiger partial charge is 0.350 e. The van der Waals surface area contributed by atoms with Gasteiger partial charge in [0.2, 0.25) is 5.79 Å². The minimum Gasteiger partial charge on any atom is -0.491 e. The molecule has 0 aliphatic carbocycles. The zero-order valence-electron chi connectivity index (χ0n) is 28.4. The summed E-state index contributed by atoms with van der Waals surface area (Å²) < 4.78 is 22.2. The van der Waals surface area contributed by atoms with Crippen molar-refractivity contribution in [2.45, 2.75) is 58.1 Å². The third-order valence-electron chi connectivity index (χ3n) is 9.59. The molecule has 5 aromatic rings. The highest BCUT2D eigenvalue weighted by Gasteiger charge is 2.44. The molecule has 0 saturated carbocycles. The van der Waals surface area contributed by atoms with E-state index in [0.717, 1.165) is 61.7 Å². The molecule has 0 bridgehead atoms. The van der Waals surface area contributed by atoms with Crippen LogP contribution in [0.15, 0.2) is 96.3 Å². The van der Waals surface area contributed by atoms with Gasteiger partial charge in [0.05, 0.1) is 30.7 Å². The highest BCUT2D eigenvalue weighted by molar-refractivity contribution is 5.54. The first-order chi connectivity index (χ1) is 23.9. The summed E-state index contributed by atoms with van der Waals surface area (Å²) in [6, 6.07) is 24.9. The SMILES string of the molecule is CCc1ccc([C@]2(Cn3nccn3)OC[C@@H](COc3ccc(N4CCN(c5ccc(-n6cnn(C(C)CC)c6=O)cc5)CC4)cc3)O2)cc1. The first-order valence-electron chi connectivity index (χ1n) is 17.2. The van der Waals surface area contributed by atoms with Crippen molar-refractivity contribution in [2.75, 3.05) is 49.2 Å². The number of piperazine rings is 1. The Morgan fingerprint density at radius 1 is 0.837 bits per heavy atom. The summed E-state index contributed by atoms with van der Waals surface area (Å²) >= 11 is 0. The van der Waals surface area contributed by atoms with Crippen LogP contribution in [-0.4, -0.2) is 74.8 Å². The molecule has 3 aromatic carbocycles. The van der Waals surface area contributed by atoms with Gasteiger partial charge in [0.15, 0.2) is 0 Å². The predicted octanol–water partition coefficient (Wildman–Crippen LogP) is 4.83. The van der Waals surface area contributed by atoms with E-state index >= 15 is 0 Å². The van der Waals surface area contributed by atoms with Gasteiger partial charge in [-0.15, -0.1) is 0 Å². The number of anilines is 2. The molecule has 2 fully saturated rings. The monoisotopic (exact) mass is 664 g/mol. The second-order valence-electron chi connectivity index (χ2n) is 12.7. The molecule has 0 N–H and O–H groups in total. The van der Waals surface area contributed by atoms with Gasteiger partial charge in [0.1, 0.15) is 31.3 Å². The molecule has 256 valence electrons. The molecule has 12 nitrogen and oxygen atoms in total. The minimum atomic E-state index is -0.982. The minimum absolute atomic E-state index is 0.0715. The van der Waals surface area contributed by atoms with Crippen molar-refractivity contribution >= 4 is 11.4 Å². The highest BCUT2D eigenvalue weighted by Crippen LogP contribution is 2.36. The van der Waals surface area contributed by atoms with Crippen molar-refractivity contribution in [1.82, 2.24) is 29.3 Å². The number of ether oxygens (including phenoxy) is 3. The maximum Gasteiger partial charge on any atom is 0.350 e. The van der Waals surface area contributed by atoms with Crippen LogP contribution in [0.25, 0.3) is 5.69 Å². The van der Waals surface area contributed by atoms with Crippen molar-refractivity contribution in [3.63, 3.8) is 0 Å². The average Bonchev–Trinajstić information content (AvgIpc) is 3.92. The van der Waals surface area contributed by atoms with E-state index in [1.165, 1.54) is 11.3 Å². The van der Waals surface area contributed by atoms with Crippen LogP contribution in [-0.2, 0) is 28.2 Å². The number of hydrogen-bond acceptors (Lipinski definition) is 9. The van der Waals surface area contributed by atoms with Gasteiger partial charge >= 0.3 is 5.69 Å². The Morgan fingerprint density at radius 3 is 2.06 bits per heavy atom. The average molecular weight is 665 g/mol. The summed E-state index contributed by atoms with van der Waals surface area (Å²) in [6.45, 7) is 10.9. The Hall–Kier alpha value is -4.94. The van der Waals surface area contributed by atoms with Gasteiger partial charge < -0.3 is 24.0 Å². The maximum atomic E-state index is 12.8. The number of hydrogen-bond donors (Lipinski definition) is 0. The normalized spacial score (nSPS) is 20.1. The fourth-order valence-electron chi connectivity index (χ4n) is 6.44. The van der Waals surface area contributed by atoms with Crippen molar-refractivity contribution in [3.8, 4) is 11.4 Å². The molecular formula is C37H44N8O4. The summed E-state index contributed by atoms with van der Waals surface area (Å²) in [7, 11) is 0. The maximum absolute atomic E-state index is 12.8. The quantitative estimate of drug-likeness (QED) is 0.186. The van der Waals surface area contributed by atoms with Gasteiger partial charge in [0, 0.05) is 43.1 Å². The van der Waals surface area contributed by atoms with E-state index in [4.69, 9.17) is 14.2 Å². The van der Waals surface area contributed by atoms with Gasteiger partial charge in [-0.25, -0.2) is 14.0 Å². The number of aryl methyl sites for hydroxylation is 1. The van der Waals surface area contributed by atoms with Gasteiger partial charge in [-0.1, -0.05) is 38.1 Å². The molecule has 0 amide bonds. The molecule has 2 aromatic heterocycles. The summed E-state index contributed by atoms with van der Waals surface area (Å²) in [5.74, 6) is -0.192. The Kier molecular flexibility index (Phi) is 9.49. The molecule has 7 rings (SSSR count). The van der Waals surface area contributed by atoms with Crippen LogP contribution in [0, 0.1) is 0 Å². The van der Waals surface area contributed by atoms with Crippen LogP contribution >= 0.6 is 0 Å². The van der Waals surface area contributed by atoms with E-state index in [1.54, 1.807) is 32.8 Å². The third kappa shape index (κ3) is 6.97. The zero-order valence-corrected chi connectivity index (χ0v) is 28.4. The highest BCUT2D eigenvalue weighted by atomic mass is 16.8. The van der Waals surface area contributed by atoms with E-state index in [9.17, 15) is 4.79 Å². The molecule has 2 aliphatic rings. The van der Waals surface area contributed by atoms with E-state index < -0.39 is 5.79 Å². The van der Waals surface area contributed by atoms with Gasteiger partial charge in [-0.3, -0.25) is 0 Å². The van der Waals surface area contributed by atoms with Crippen molar-refractivity contribution in [1.29, 1.82) is 0 Å². The molecule has 0 spiro atoms. The van der Waals surface area contributed by atoms with Crippen LogP contribution in [0.1, 0.15) is 44.4 Å². The van der Waals surface area contributed by atoms with Crippen LogP contribution in [0.2, 0.25) is 0 Å². The fourth-order valence-corrected chi connectivity index (χ4v) is 6.44. The van der Waals surface area contributed by atoms with E-state index in [-0.39, 0.29) is 17.8 Å². The molecule has 3 atom stereocenters. The number of aromatic nitrogens is 6. The lowest BCUT2D eigenvalue weighted by atomic mass is 10.0. The number of rotatable bonds is 12. The van der Waals surface area contributed by atoms with Crippen molar-refractivity contribution in [3.05, 3.63) is 113 Å². The number of nitrogens with zero attached hydrogens (tertiary/aromatic N) is 8. The summed E-state index contributed by atoms with van der Waals surface area (Å²) in [4.78, 5) is 19.2. The lowest BCUT2D eigenvalue weighted by Gasteiger charge is -2.37. The molecule has 2 saturated heterocycles. The fraction of sp³-hybridized carbons (Fsp3) is 0.405. The largest absolute Gasteiger partial charge is 0.491 e. The second kappa shape index (κ2) is 14.3. The Labute approximate surface area is 286 Å². The molecule has 4 heterocycles. The second-order valence-corrected chi connectivity index (χ2v) is 12.7. The van der Waals surface area contributed by atoms with Crippen LogP contribution in [0.4, 0.5) is 11.4 Å². The third-order valence-corrected chi connectivity index (χ3v) is 9.59. The zero-order chi connectivity index (χ0) is 33.8. The van der Waals surface area contributed by atoms with E-state index in [1.807, 2.05) is 31.2 Å². The first-order valence-corrected chi connectivity index (χ1v) is 17.2. The molecule has 49 heavy (non-hydrogen) atoms. The summed E-state index contributed by atoms with van der Waals surface area (Å²) in [6.07, 6.45) is 6.50. The molecule has 2 aliphatic heterocycles. The molecular weight excluding hydrogens is 620 g/mol. The number of benzene rings is 3. The van der Waals surface area contributed by atoms with E-state index in [0.29, 0.717) is 19.8 Å². The van der Waals surface area contributed by atoms with Crippen LogP contribution in [0.5, 0.6) is 5.75 Å². The van der Waals surface area contributed by atoms with Gasteiger partial charge in [-0.2, -0.15) is 20.1 Å². The first kappa shape index (κ1) is 32.6. The Morgan fingerprint density at radius 2 is 1.45 bits per heavy atom. The predicted molar refractivity (Wildman–Crippen MR) is 188 cm³/mol. The topological polar surface area (TPSA) is 105 Å². The van der Waals surface area contributed by atoms with Crippen molar-refractivity contribution in [2.24, 2.45) is 0 Å². The van der Waals surface area contributed by atoms with Crippen LogP contribution in [0.3, 0.4) is 0 Å².